The number of benzene rings is 1. The predicted molar refractivity (Wildman–Crippen MR) is 78.5 cm³/mol. The van der Waals surface area contributed by atoms with Gasteiger partial charge in [-0.25, -0.2) is 13.6 Å². The van der Waals surface area contributed by atoms with E-state index in [1.165, 1.54) is 6.07 Å². The second-order valence-electron chi connectivity index (χ2n) is 6.35. The summed E-state index contributed by atoms with van der Waals surface area (Å²) < 4.78 is 26.1. The summed E-state index contributed by atoms with van der Waals surface area (Å²) in [7, 11) is 0. The van der Waals surface area contributed by atoms with Crippen molar-refractivity contribution in [2.45, 2.75) is 38.2 Å². The smallest absolute Gasteiger partial charge is 0.321 e. The van der Waals surface area contributed by atoms with E-state index in [1.54, 1.807) is 4.90 Å². The summed E-state index contributed by atoms with van der Waals surface area (Å²) in [6.07, 6.45) is 4.14. The fourth-order valence-electron chi connectivity index (χ4n) is 3.71. The van der Waals surface area contributed by atoms with Crippen LogP contribution in [-0.4, -0.2) is 35.2 Å². The Balaban J connectivity index is 1.68. The van der Waals surface area contributed by atoms with E-state index >= 15 is 0 Å². The third kappa shape index (κ3) is 2.79. The van der Waals surface area contributed by atoms with Gasteiger partial charge < -0.3 is 15.3 Å². The Morgan fingerprint density at radius 2 is 2.05 bits per heavy atom. The topological polar surface area (TPSA) is 52.6 Å². The Kier molecular flexibility index (Phi) is 4.04. The average molecular weight is 310 g/mol. The summed E-state index contributed by atoms with van der Waals surface area (Å²) in [6.45, 7) is 1.13. The van der Waals surface area contributed by atoms with Crippen LogP contribution in [0, 0.1) is 17.0 Å². The number of nitrogens with one attached hydrogen (secondary N) is 1. The van der Waals surface area contributed by atoms with E-state index in [0.29, 0.717) is 13.1 Å². The fraction of sp³-hybridized carbons (Fsp3) is 0.562. The molecule has 4 nitrogen and oxygen atoms in total. The van der Waals surface area contributed by atoms with Crippen molar-refractivity contribution in [3.63, 3.8) is 0 Å². The molecule has 1 aliphatic heterocycles. The summed E-state index contributed by atoms with van der Waals surface area (Å²) in [5, 5.41) is 12.8. The van der Waals surface area contributed by atoms with Crippen LogP contribution in [0.2, 0.25) is 0 Å². The van der Waals surface area contributed by atoms with Crippen LogP contribution < -0.4 is 5.32 Å². The van der Waals surface area contributed by atoms with Crippen molar-refractivity contribution in [2.24, 2.45) is 5.41 Å². The van der Waals surface area contributed by atoms with Gasteiger partial charge in [0.15, 0.2) is 11.6 Å². The molecule has 1 spiro atoms. The Bertz CT molecular complexity index is 581. The van der Waals surface area contributed by atoms with Crippen molar-refractivity contribution >= 4 is 11.7 Å². The normalized spacial score (nSPS) is 28.1. The highest BCUT2D eigenvalue weighted by atomic mass is 19.2. The molecule has 0 bridgehead atoms. The number of hydrogen-bond donors (Lipinski definition) is 2. The lowest BCUT2D eigenvalue weighted by molar-refractivity contribution is 0.00400. The van der Waals surface area contributed by atoms with Crippen molar-refractivity contribution in [2.75, 3.05) is 18.4 Å². The number of urea groups is 1. The van der Waals surface area contributed by atoms with Gasteiger partial charge in [-0.3, -0.25) is 0 Å². The lowest BCUT2D eigenvalue weighted by atomic mass is 9.77. The van der Waals surface area contributed by atoms with Gasteiger partial charge >= 0.3 is 6.03 Å². The van der Waals surface area contributed by atoms with E-state index in [4.69, 9.17) is 0 Å². The molecule has 1 saturated heterocycles. The molecule has 0 unspecified atom stereocenters. The summed E-state index contributed by atoms with van der Waals surface area (Å²) >= 11 is 0. The maximum Gasteiger partial charge on any atom is 0.321 e. The Hall–Kier alpha value is -1.69. The first kappa shape index (κ1) is 15.2. The zero-order chi connectivity index (χ0) is 15.7. The Morgan fingerprint density at radius 3 is 2.73 bits per heavy atom. The van der Waals surface area contributed by atoms with E-state index in [2.05, 4.69) is 5.32 Å². The summed E-state index contributed by atoms with van der Waals surface area (Å²) in [4.78, 5) is 14.0. The molecule has 1 saturated carbocycles. The van der Waals surface area contributed by atoms with E-state index in [0.717, 1.165) is 44.2 Å². The molecule has 2 N–H and O–H groups in total. The molecule has 2 atom stereocenters. The molecule has 120 valence electrons. The first-order valence-electron chi connectivity index (χ1n) is 7.69. The molecule has 1 heterocycles. The molecule has 1 aromatic rings. The second-order valence-corrected chi connectivity index (χ2v) is 6.35. The van der Waals surface area contributed by atoms with Crippen LogP contribution in [0.25, 0.3) is 0 Å². The number of hydrogen-bond acceptors (Lipinski definition) is 2. The second kappa shape index (κ2) is 5.83. The lowest BCUT2D eigenvalue weighted by Gasteiger charge is -2.42. The van der Waals surface area contributed by atoms with Crippen molar-refractivity contribution in [1.29, 1.82) is 0 Å². The number of halogens is 2. The molecule has 0 aromatic heterocycles. The van der Waals surface area contributed by atoms with Crippen molar-refractivity contribution in [3.8, 4) is 0 Å². The molecule has 2 amide bonds. The first-order chi connectivity index (χ1) is 10.5. The van der Waals surface area contributed by atoms with Gasteiger partial charge in [-0.1, -0.05) is 6.42 Å². The van der Waals surface area contributed by atoms with Gasteiger partial charge in [-0.2, -0.15) is 0 Å². The number of rotatable bonds is 1. The van der Waals surface area contributed by atoms with Gasteiger partial charge in [0.05, 0.1) is 6.10 Å². The molecule has 1 aromatic carbocycles. The van der Waals surface area contributed by atoms with E-state index < -0.39 is 11.6 Å². The minimum Gasteiger partial charge on any atom is -0.392 e. The standard InChI is InChI=1S/C16H20F2N2O2/c17-12-5-4-11(9-13(12)18)19-15(22)20-8-2-7-16(10-20)6-1-3-14(16)21/h4-5,9,14,21H,1-3,6-8,10H2,(H,19,22)/t14-,16-/m1/s1. The number of anilines is 1. The number of aliphatic hydroxyl groups excluding tert-OH is 1. The Morgan fingerprint density at radius 1 is 1.27 bits per heavy atom. The molecular weight excluding hydrogens is 290 g/mol. The quantitative estimate of drug-likeness (QED) is 0.837. The zero-order valence-electron chi connectivity index (χ0n) is 12.3. The largest absolute Gasteiger partial charge is 0.392 e. The van der Waals surface area contributed by atoms with Crippen molar-refractivity contribution in [3.05, 3.63) is 29.8 Å². The number of likely N-dealkylation sites (tertiary alicyclic amines) is 1. The monoisotopic (exact) mass is 310 g/mol. The van der Waals surface area contributed by atoms with Crippen LogP contribution in [0.15, 0.2) is 18.2 Å². The van der Waals surface area contributed by atoms with Crippen LogP contribution in [0.4, 0.5) is 19.3 Å². The third-order valence-electron chi connectivity index (χ3n) is 4.93. The van der Waals surface area contributed by atoms with Crippen molar-refractivity contribution < 1.29 is 18.7 Å². The maximum atomic E-state index is 13.2. The summed E-state index contributed by atoms with van der Waals surface area (Å²) in [5.41, 5.74) is 0.0411. The van der Waals surface area contributed by atoms with Gasteiger partial charge in [0.2, 0.25) is 0 Å². The minimum atomic E-state index is -0.987. The third-order valence-corrected chi connectivity index (χ3v) is 4.93. The van der Waals surface area contributed by atoms with Crippen LogP contribution in [0.1, 0.15) is 32.1 Å². The molecule has 6 heteroatoms. The van der Waals surface area contributed by atoms with Gasteiger partial charge in [-0.05, 0) is 37.8 Å². The predicted octanol–water partition coefficient (Wildman–Crippen LogP) is 3.12. The first-order valence-corrected chi connectivity index (χ1v) is 7.69. The van der Waals surface area contributed by atoms with Gasteiger partial charge in [0, 0.05) is 30.3 Å². The molecule has 0 radical (unpaired) electrons. The van der Waals surface area contributed by atoms with Gasteiger partial charge in [-0.15, -0.1) is 0 Å². The molecular formula is C16H20F2N2O2. The molecule has 2 aliphatic rings. The molecule has 2 fully saturated rings. The number of carbonyl (C=O) groups excluding carboxylic acids is 1. The van der Waals surface area contributed by atoms with E-state index in [-0.39, 0.29) is 23.2 Å². The number of amides is 2. The highest BCUT2D eigenvalue weighted by Crippen LogP contribution is 2.45. The highest BCUT2D eigenvalue weighted by Gasteiger charge is 2.45. The minimum absolute atomic E-state index is 0.191. The maximum absolute atomic E-state index is 13.2. The van der Waals surface area contributed by atoms with Crippen LogP contribution in [-0.2, 0) is 0 Å². The van der Waals surface area contributed by atoms with Crippen LogP contribution >= 0.6 is 0 Å². The van der Waals surface area contributed by atoms with E-state index in [9.17, 15) is 18.7 Å². The highest BCUT2D eigenvalue weighted by molar-refractivity contribution is 5.89. The average Bonchev–Trinajstić information content (AvgIpc) is 2.83. The van der Waals surface area contributed by atoms with Gasteiger partial charge in [0.25, 0.3) is 0 Å². The number of carbonyl (C=O) groups is 1. The number of nitrogens with zero attached hydrogens (tertiary/aromatic N) is 1. The molecule has 3 rings (SSSR count). The van der Waals surface area contributed by atoms with Crippen LogP contribution in [0.3, 0.4) is 0 Å². The molecule has 1 aliphatic carbocycles. The fourth-order valence-corrected chi connectivity index (χ4v) is 3.71. The molecule has 22 heavy (non-hydrogen) atoms. The number of aliphatic hydroxyl groups is 1. The van der Waals surface area contributed by atoms with Gasteiger partial charge in [0.1, 0.15) is 0 Å². The summed E-state index contributed by atoms with van der Waals surface area (Å²) in [5.74, 6) is -1.93. The SMILES string of the molecule is O=C(Nc1ccc(F)c(F)c1)N1CCC[C@]2(CCC[C@H]2O)C1. The number of piperidine rings is 1. The van der Waals surface area contributed by atoms with E-state index in [1.807, 2.05) is 0 Å². The zero-order valence-corrected chi connectivity index (χ0v) is 12.3. The van der Waals surface area contributed by atoms with Crippen molar-refractivity contribution in [1.82, 2.24) is 4.90 Å². The summed E-state index contributed by atoms with van der Waals surface area (Å²) in [6, 6.07) is 2.96. The van der Waals surface area contributed by atoms with Crippen LogP contribution in [0.5, 0.6) is 0 Å². The lowest BCUT2D eigenvalue weighted by Crippen LogP contribution is -2.50. The Labute approximate surface area is 128 Å².